The number of phenols is 1. The van der Waals surface area contributed by atoms with Crippen molar-refractivity contribution in [2.45, 2.75) is 18.8 Å². The minimum Gasteiger partial charge on any atom is -0.549 e. The Hall–Kier alpha value is -2.71. The Labute approximate surface area is 223 Å². The molecule has 1 aliphatic rings. The fourth-order valence-electron chi connectivity index (χ4n) is 3.60. The van der Waals surface area contributed by atoms with Crippen LogP contribution in [0.2, 0.25) is 5.02 Å². The van der Waals surface area contributed by atoms with E-state index in [1.807, 2.05) is 12.1 Å². The number of carbonyl (C=O) groups is 2. The quantitative estimate of drug-likeness (QED) is 0.466. The summed E-state index contributed by atoms with van der Waals surface area (Å²) >= 11 is 6.31. The van der Waals surface area contributed by atoms with Gasteiger partial charge in [-0.25, -0.2) is 0 Å². The number of carbonyl (C=O) groups excluding carboxylic acids is 2. The third-order valence-electron chi connectivity index (χ3n) is 5.37. The van der Waals surface area contributed by atoms with Crippen LogP contribution in [-0.4, -0.2) is 30.1 Å². The molecule has 0 saturated carbocycles. The smallest absolute Gasteiger partial charge is 0.549 e. The average molecular weight is 490 g/mol. The topological polar surface area (TPSA) is 108 Å². The number of aliphatic carboxylic acids is 1. The van der Waals surface area contributed by atoms with Gasteiger partial charge in [0.25, 0.3) is 5.91 Å². The Morgan fingerprint density at radius 3 is 2.50 bits per heavy atom. The third-order valence-corrected chi connectivity index (χ3v) is 5.66. The molecular weight excluding hydrogens is 469 g/mol. The number of fused-ring (bicyclic) bond motifs is 1. The zero-order valence-corrected chi connectivity index (χ0v) is 21.3. The summed E-state index contributed by atoms with van der Waals surface area (Å²) in [5, 5.41) is 23.8. The Bertz CT molecular complexity index is 1170. The van der Waals surface area contributed by atoms with Crippen molar-refractivity contribution in [1.82, 2.24) is 5.32 Å². The number of benzene rings is 3. The third kappa shape index (κ3) is 6.24. The number of hydrogen-bond donors (Lipinski definition) is 2. The van der Waals surface area contributed by atoms with E-state index in [1.165, 1.54) is 6.07 Å². The number of carboxylic acid groups (broad SMARTS) is 1. The molecule has 2 N–H and O–H groups in total. The first kappa shape index (κ1) is 25.9. The Kier molecular flexibility index (Phi) is 8.85. The molecule has 0 fully saturated rings. The molecule has 0 bridgehead atoms. The van der Waals surface area contributed by atoms with Gasteiger partial charge in [0.15, 0.2) is 0 Å². The molecule has 34 heavy (non-hydrogen) atoms. The van der Waals surface area contributed by atoms with Crippen LogP contribution in [-0.2, 0) is 11.2 Å². The largest absolute Gasteiger partial charge is 1.00 e. The van der Waals surface area contributed by atoms with Crippen LogP contribution < -0.4 is 49.5 Å². The Morgan fingerprint density at radius 2 is 1.82 bits per heavy atom. The van der Waals surface area contributed by atoms with Gasteiger partial charge in [0.05, 0.1) is 11.6 Å². The molecule has 7 nitrogen and oxygen atoms in total. The molecule has 0 radical (unpaired) electrons. The second-order valence-corrected chi connectivity index (χ2v) is 8.04. The van der Waals surface area contributed by atoms with Crippen molar-refractivity contribution in [3.05, 3.63) is 82.4 Å². The van der Waals surface area contributed by atoms with Crippen LogP contribution in [0.15, 0.2) is 60.7 Å². The minimum atomic E-state index is -1.17. The van der Waals surface area contributed by atoms with Crippen LogP contribution in [0.4, 0.5) is 0 Å². The zero-order chi connectivity index (χ0) is 23.4. The number of ether oxygens (including phenoxy) is 2. The summed E-state index contributed by atoms with van der Waals surface area (Å²) in [6.45, 7) is 0.725. The fourth-order valence-corrected chi connectivity index (χ4v) is 3.81. The summed E-state index contributed by atoms with van der Waals surface area (Å²) in [7, 11) is 0. The summed E-state index contributed by atoms with van der Waals surface area (Å²) < 4.78 is 11.4. The van der Waals surface area contributed by atoms with Crippen LogP contribution in [0.25, 0.3) is 0 Å². The van der Waals surface area contributed by atoms with E-state index in [9.17, 15) is 19.8 Å². The summed E-state index contributed by atoms with van der Waals surface area (Å²) in [6, 6.07) is 16.5. The van der Waals surface area contributed by atoms with Gasteiger partial charge >= 0.3 is 29.6 Å². The van der Waals surface area contributed by atoms with E-state index < -0.39 is 11.9 Å². The van der Waals surface area contributed by atoms with Gasteiger partial charge in [0, 0.05) is 35.6 Å². The first-order chi connectivity index (χ1) is 15.9. The van der Waals surface area contributed by atoms with Crippen molar-refractivity contribution >= 4 is 23.5 Å². The predicted molar refractivity (Wildman–Crippen MR) is 120 cm³/mol. The summed E-state index contributed by atoms with van der Waals surface area (Å²) in [5.41, 5.74) is 1.95. The van der Waals surface area contributed by atoms with Crippen molar-refractivity contribution in [3.8, 4) is 23.0 Å². The molecule has 0 saturated heterocycles. The molecule has 9 heteroatoms. The second kappa shape index (κ2) is 11.6. The Balaban J connectivity index is 0.00000324. The van der Waals surface area contributed by atoms with E-state index in [1.54, 1.807) is 42.5 Å². The van der Waals surface area contributed by atoms with Crippen LogP contribution in [0.3, 0.4) is 0 Å². The molecule has 1 aliphatic heterocycles. The van der Waals surface area contributed by atoms with Gasteiger partial charge in [0.2, 0.25) is 0 Å². The van der Waals surface area contributed by atoms with Crippen LogP contribution in [0.5, 0.6) is 23.0 Å². The van der Waals surface area contributed by atoms with Crippen molar-refractivity contribution in [1.29, 1.82) is 0 Å². The second-order valence-electron chi connectivity index (χ2n) is 7.63. The van der Waals surface area contributed by atoms with E-state index in [0.29, 0.717) is 47.8 Å². The van der Waals surface area contributed by atoms with E-state index in [2.05, 4.69) is 5.32 Å². The van der Waals surface area contributed by atoms with E-state index in [4.69, 9.17) is 21.1 Å². The first-order valence-electron chi connectivity index (χ1n) is 10.4. The minimum absolute atomic E-state index is 0. The molecular formula is C25H21ClNNaO6. The van der Waals surface area contributed by atoms with Gasteiger partial charge in [-0.3, -0.25) is 4.79 Å². The van der Waals surface area contributed by atoms with E-state index >= 15 is 0 Å². The number of hydrogen-bond acceptors (Lipinski definition) is 6. The van der Waals surface area contributed by atoms with Crippen molar-refractivity contribution in [2.24, 2.45) is 0 Å². The van der Waals surface area contributed by atoms with Crippen LogP contribution in [0, 0.1) is 0 Å². The van der Waals surface area contributed by atoms with E-state index in [0.717, 1.165) is 5.56 Å². The normalized spacial score (nSPS) is 14.2. The molecule has 3 aromatic carbocycles. The molecule has 0 aliphatic carbocycles. The summed E-state index contributed by atoms with van der Waals surface area (Å²) in [6.07, 6.45) is 0.968. The summed E-state index contributed by atoms with van der Waals surface area (Å²) in [4.78, 5) is 23.7. The van der Waals surface area contributed by atoms with Crippen molar-refractivity contribution in [3.63, 3.8) is 0 Å². The molecule has 0 spiro atoms. The van der Waals surface area contributed by atoms with Gasteiger partial charge in [-0.15, -0.1) is 0 Å². The Morgan fingerprint density at radius 1 is 1.12 bits per heavy atom. The summed E-state index contributed by atoms with van der Waals surface area (Å²) in [5.74, 6) is -0.761. The maximum absolute atomic E-state index is 12.4. The molecule has 1 unspecified atom stereocenters. The molecule has 1 amide bonds. The van der Waals surface area contributed by atoms with Crippen molar-refractivity contribution < 1.29 is 58.8 Å². The number of halogens is 1. The fraction of sp³-hybridized carbons (Fsp3) is 0.200. The number of rotatable bonds is 7. The number of aromatic hydroxyl groups is 1. The molecule has 170 valence electrons. The van der Waals surface area contributed by atoms with Gasteiger partial charge in [-0.05, 0) is 60.9 Å². The number of phenolic OH excluding ortho intramolecular Hbond substituents is 1. The maximum atomic E-state index is 12.4. The molecule has 0 aromatic heterocycles. The number of amides is 1. The monoisotopic (exact) mass is 489 g/mol. The number of carboxylic acids is 1. The van der Waals surface area contributed by atoms with Crippen LogP contribution in [0.1, 0.15) is 33.8 Å². The standard InChI is InChI=1S/C25H22ClNO6.Na/c26-21-13-20-19(25(30)31)10-12-32-22(20)14-23(21)33-18-7-3-16(4-8-18)24(29)27-11-9-15-1-5-17(28)6-2-15;/h1-8,13-14,19,28H,9-12H2,(H,27,29)(H,30,31);/q;+1/p-1. The molecule has 4 rings (SSSR count). The number of nitrogens with one attached hydrogen (secondary N) is 1. The van der Waals surface area contributed by atoms with Gasteiger partial charge in [-0.2, -0.15) is 0 Å². The predicted octanol–water partition coefficient (Wildman–Crippen LogP) is 0.430. The van der Waals surface area contributed by atoms with Gasteiger partial charge < -0.3 is 29.8 Å². The maximum Gasteiger partial charge on any atom is 1.00 e. The SMILES string of the molecule is O=C(NCCc1ccc(O)cc1)c1ccc(Oc2cc3c(cc2Cl)C(C(=O)[O-])CCO3)cc1.[Na+]. The molecule has 1 heterocycles. The zero-order valence-electron chi connectivity index (χ0n) is 18.5. The van der Waals surface area contributed by atoms with Gasteiger partial charge in [0.1, 0.15) is 23.0 Å². The average Bonchev–Trinajstić information content (AvgIpc) is 2.81. The van der Waals surface area contributed by atoms with Crippen LogP contribution >= 0.6 is 11.6 Å². The van der Waals surface area contributed by atoms with Crippen molar-refractivity contribution in [2.75, 3.05) is 13.2 Å². The molecule has 3 aromatic rings. The first-order valence-corrected chi connectivity index (χ1v) is 10.8. The van der Waals surface area contributed by atoms with Gasteiger partial charge in [-0.1, -0.05) is 23.7 Å². The van der Waals surface area contributed by atoms with E-state index in [-0.39, 0.29) is 52.8 Å². The molecule has 1 atom stereocenters.